The standard InChI is InChI=1S/C21H19F3N6O/c1-12-8-13(2-5-16(12)20(31)29-14-3-4-14)17-10-27-19-18(26-7-6-21(22,23)24)28-15(9-25)11-30(17)19/h2,5,8,10-11,14H,3-4,6-7H2,1H3,(H,26,28)(H,29,31). The van der Waals surface area contributed by atoms with Crippen molar-refractivity contribution in [1.29, 1.82) is 5.26 Å². The van der Waals surface area contributed by atoms with Gasteiger partial charge in [0.2, 0.25) is 0 Å². The predicted octanol–water partition coefficient (Wildman–Crippen LogP) is 3.83. The number of fused-ring (bicyclic) bond motifs is 1. The Morgan fingerprint density at radius 2 is 2.13 bits per heavy atom. The van der Waals surface area contributed by atoms with Crippen molar-refractivity contribution in [3.63, 3.8) is 0 Å². The van der Waals surface area contributed by atoms with Crippen molar-refractivity contribution in [2.75, 3.05) is 11.9 Å². The lowest BCUT2D eigenvalue weighted by Gasteiger charge is -2.11. The van der Waals surface area contributed by atoms with Crippen LogP contribution in [-0.4, -0.2) is 39.0 Å². The van der Waals surface area contributed by atoms with E-state index < -0.39 is 12.6 Å². The molecule has 0 unspecified atom stereocenters. The molecule has 1 amide bonds. The number of anilines is 1. The number of nitriles is 1. The van der Waals surface area contributed by atoms with E-state index in [0.717, 1.165) is 24.0 Å². The number of aryl methyl sites for hydroxylation is 1. The van der Waals surface area contributed by atoms with Crippen LogP contribution in [0.4, 0.5) is 19.0 Å². The van der Waals surface area contributed by atoms with E-state index in [2.05, 4.69) is 20.6 Å². The van der Waals surface area contributed by atoms with Crippen molar-refractivity contribution in [2.45, 2.75) is 38.4 Å². The smallest absolute Gasteiger partial charge is 0.367 e. The van der Waals surface area contributed by atoms with Gasteiger partial charge in [0.1, 0.15) is 6.07 Å². The molecule has 1 saturated carbocycles. The third kappa shape index (κ3) is 4.60. The van der Waals surface area contributed by atoms with Crippen LogP contribution in [-0.2, 0) is 0 Å². The summed E-state index contributed by atoms with van der Waals surface area (Å²) in [6.07, 6.45) is -0.295. The van der Waals surface area contributed by atoms with Gasteiger partial charge in [-0.3, -0.25) is 9.20 Å². The molecular weight excluding hydrogens is 409 g/mol. The van der Waals surface area contributed by atoms with E-state index in [1.54, 1.807) is 22.7 Å². The lowest BCUT2D eigenvalue weighted by atomic mass is 10.0. The fourth-order valence-electron chi connectivity index (χ4n) is 3.27. The molecule has 0 saturated heterocycles. The molecule has 0 radical (unpaired) electrons. The molecule has 1 aliphatic carbocycles. The van der Waals surface area contributed by atoms with Gasteiger partial charge in [-0.1, -0.05) is 6.07 Å². The second-order valence-electron chi connectivity index (χ2n) is 7.49. The number of carbonyl (C=O) groups is 1. The maximum Gasteiger partial charge on any atom is 0.390 e. The SMILES string of the molecule is Cc1cc(-c2cnc3c(NCCC(F)(F)F)nc(C#N)cn23)ccc1C(=O)NC1CC1. The summed E-state index contributed by atoms with van der Waals surface area (Å²) in [6, 6.07) is 7.53. The maximum atomic E-state index is 12.5. The number of halogens is 3. The third-order valence-electron chi connectivity index (χ3n) is 4.99. The van der Waals surface area contributed by atoms with Gasteiger partial charge in [-0.2, -0.15) is 18.4 Å². The van der Waals surface area contributed by atoms with E-state index in [1.165, 1.54) is 6.20 Å². The maximum absolute atomic E-state index is 12.5. The first-order chi connectivity index (χ1) is 14.7. The van der Waals surface area contributed by atoms with Gasteiger partial charge in [0.15, 0.2) is 17.2 Å². The first-order valence-electron chi connectivity index (χ1n) is 9.76. The summed E-state index contributed by atoms with van der Waals surface area (Å²) in [7, 11) is 0. The zero-order chi connectivity index (χ0) is 22.2. The van der Waals surface area contributed by atoms with Crippen molar-refractivity contribution in [2.24, 2.45) is 0 Å². The first kappa shape index (κ1) is 20.7. The number of nitrogens with one attached hydrogen (secondary N) is 2. The number of benzene rings is 1. The van der Waals surface area contributed by atoms with E-state index in [4.69, 9.17) is 0 Å². The van der Waals surface area contributed by atoms with E-state index in [0.29, 0.717) is 16.9 Å². The summed E-state index contributed by atoms with van der Waals surface area (Å²) in [4.78, 5) is 20.7. The normalized spacial score (nSPS) is 13.8. The average molecular weight is 428 g/mol. The van der Waals surface area contributed by atoms with Crippen molar-refractivity contribution in [3.05, 3.63) is 47.4 Å². The quantitative estimate of drug-likeness (QED) is 0.622. The fraction of sp³-hybridized carbons (Fsp3) is 0.333. The molecule has 31 heavy (non-hydrogen) atoms. The molecule has 160 valence electrons. The molecule has 4 rings (SSSR count). The van der Waals surface area contributed by atoms with Crippen LogP contribution in [0, 0.1) is 18.3 Å². The Kier molecular flexibility index (Phi) is 5.27. The number of hydrogen-bond acceptors (Lipinski definition) is 5. The minimum Gasteiger partial charge on any atom is -0.367 e. The molecule has 0 aliphatic heterocycles. The minimum atomic E-state index is -4.30. The van der Waals surface area contributed by atoms with Crippen LogP contribution >= 0.6 is 0 Å². The molecule has 10 heteroatoms. The molecule has 0 bridgehead atoms. The Balaban J connectivity index is 1.66. The minimum absolute atomic E-state index is 0.0402. The molecule has 3 aromatic rings. The van der Waals surface area contributed by atoms with Gasteiger partial charge in [0.25, 0.3) is 5.91 Å². The zero-order valence-electron chi connectivity index (χ0n) is 16.6. The van der Waals surface area contributed by atoms with Crippen molar-refractivity contribution < 1.29 is 18.0 Å². The van der Waals surface area contributed by atoms with Crippen molar-refractivity contribution in [3.8, 4) is 17.3 Å². The summed E-state index contributed by atoms with van der Waals surface area (Å²) in [5.41, 5.74) is 3.10. The molecule has 1 aromatic carbocycles. The van der Waals surface area contributed by atoms with Crippen LogP contribution in [0.1, 0.15) is 40.9 Å². The second-order valence-corrected chi connectivity index (χ2v) is 7.49. The molecule has 2 aromatic heterocycles. The molecule has 2 N–H and O–H groups in total. The summed E-state index contributed by atoms with van der Waals surface area (Å²) >= 11 is 0. The number of imidazole rings is 1. The summed E-state index contributed by atoms with van der Waals surface area (Å²) in [5.74, 6) is -0.0106. The molecule has 2 heterocycles. The summed E-state index contributed by atoms with van der Waals surface area (Å²) < 4.78 is 39.1. The number of alkyl halides is 3. The summed E-state index contributed by atoms with van der Waals surface area (Å²) in [6.45, 7) is 1.45. The van der Waals surface area contributed by atoms with Gasteiger partial charge in [-0.05, 0) is 37.5 Å². The van der Waals surface area contributed by atoms with Crippen LogP contribution in [0.5, 0.6) is 0 Å². The van der Waals surface area contributed by atoms with Gasteiger partial charge in [0.05, 0.1) is 18.3 Å². The molecular formula is C21H19F3N6O. The number of hydrogen-bond donors (Lipinski definition) is 2. The number of nitrogens with zero attached hydrogens (tertiary/aromatic N) is 4. The number of carbonyl (C=O) groups excluding carboxylic acids is 1. The van der Waals surface area contributed by atoms with Gasteiger partial charge >= 0.3 is 6.18 Å². The van der Waals surface area contributed by atoms with Crippen LogP contribution in [0.2, 0.25) is 0 Å². The second kappa shape index (κ2) is 7.91. The first-order valence-corrected chi connectivity index (χ1v) is 9.76. The lowest BCUT2D eigenvalue weighted by molar-refractivity contribution is -0.131. The van der Waals surface area contributed by atoms with E-state index in [-0.39, 0.29) is 30.0 Å². The van der Waals surface area contributed by atoms with E-state index in [9.17, 15) is 23.2 Å². The highest BCUT2D eigenvalue weighted by atomic mass is 19.4. The van der Waals surface area contributed by atoms with Gasteiger partial charge in [-0.25, -0.2) is 9.97 Å². The number of aromatic nitrogens is 3. The average Bonchev–Trinajstić information content (AvgIpc) is 3.41. The Morgan fingerprint density at radius 3 is 2.77 bits per heavy atom. The largest absolute Gasteiger partial charge is 0.390 e. The Labute approximate surface area is 175 Å². The predicted molar refractivity (Wildman–Crippen MR) is 108 cm³/mol. The number of rotatable bonds is 6. The zero-order valence-corrected chi connectivity index (χ0v) is 16.6. The Hall–Kier alpha value is -3.61. The van der Waals surface area contributed by atoms with E-state index >= 15 is 0 Å². The molecule has 1 fully saturated rings. The highest BCUT2D eigenvalue weighted by Crippen LogP contribution is 2.27. The highest BCUT2D eigenvalue weighted by Gasteiger charge is 2.27. The summed E-state index contributed by atoms with van der Waals surface area (Å²) in [5, 5.41) is 14.9. The lowest BCUT2D eigenvalue weighted by Crippen LogP contribution is -2.26. The monoisotopic (exact) mass is 428 g/mol. The van der Waals surface area contributed by atoms with Crippen LogP contribution < -0.4 is 10.6 Å². The van der Waals surface area contributed by atoms with Crippen LogP contribution in [0.25, 0.3) is 16.9 Å². The van der Waals surface area contributed by atoms with Crippen molar-refractivity contribution in [1.82, 2.24) is 19.7 Å². The van der Waals surface area contributed by atoms with Crippen LogP contribution in [0.3, 0.4) is 0 Å². The molecule has 7 nitrogen and oxygen atoms in total. The van der Waals surface area contributed by atoms with Gasteiger partial charge in [0, 0.05) is 29.9 Å². The Bertz CT molecular complexity index is 1190. The molecule has 0 atom stereocenters. The molecule has 0 spiro atoms. The third-order valence-corrected chi connectivity index (χ3v) is 4.99. The fourth-order valence-corrected chi connectivity index (χ4v) is 3.27. The topological polar surface area (TPSA) is 95.1 Å². The highest BCUT2D eigenvalue weighted by molar-refractivity contribution is 5.96. The Morgan fingerprint density at radius 1 is 1.35 bits per heavy atom. The van der Waals surface area contributed by atoms with Gasteiger partial charge in [-0.15, -0.1) is 0 Å². The molecule has 1 aliphatic rings. The van der Waals surface area contributed by atoms with Crippen LogP contribution in [0.15, 0.2) is 30.6 Å². The number of amides is 1. The van der Waals surface area contributed by atoms with Crippen molar-refractivity contribution >= 4 is 17.4 Å². The van der Waals surface area contributed by atoms with E-state index in [1.807, 2.05) is 19.1 Å². The van der Waals surface area contributed by atoms with Gasteiger partial charge < -0.3 is 10.6 Å².